The molecule has 1 aromatic rings. The molecule has 0 amide bonds. The maximum Gasteiger partial charge on any atom is 0.166 e. The number of hydrogen-bond acceptors (Lipinski definition) is 0. The minimum atomic E-state index is -0.801. The highest BCUT2D eigenvalue weighted by atomic mass is 19.2. The van der Waals surface area contributed by atoms with E-state index in [2.05, 4.69) is 19.2 Å². The smallest absolute Gasteiger partial charge is 0.166 e. The third kappa shape index (κ3) is 5.15. The SMILES string of the molecule is C=CCCc1cc2c(c(F)c1F)C(C)=C(/C=C(/CCCC/C=C/C)C(=C)F)C2. The molecule has 2 rings (SSSR count). The lowest BCUT2D eigenvalue weighted by molar-refractivity contribution is 0.496. The second-order valence-corrected chi connectivity index (χ2v) is 7.24. The van der Waals surface area contributed by atoms with Gasteiger partial charge < -0.3 is 0 Å². The standard InChI is InChI=1S/C25H29F3/c1-5-7-9-10-11-13-19(18(4)26)14-21-16-22-15-20(12-8-6-2)24(27)25(28)23(22)17(21)3/h5-7,14-15H,2,4,8-13,16H2,1,3H3/b7-5+,19-14-. The van der Waals surface area contributed by atoms with Crippen molar-refractivity contribution in [3.8, 4) is 0 Å². The second-order valence-electron chi connectivity index (χ2n) is 7.24. The van der Waals surface area contributed by atoms with E-state index in [0.717, 1.165) is 30.4 Å². The van der Waals surface area contributed by atoms with Crippen molar-refractivity contribution in [1.82, 2.24) is 0 Å². The van der Waals surface area contributed by atoms with Crippen LogP contribution in [-0.2, 0) is 12.8 Å². The molecule has 0 saturated carbocycles. The van der Waals surface area contributed by atoms with Crippen LogP contribution in [0.2, 0.25) is 0 Å². The average Bonchev–Trinajstić information content (AvgIpc) is 2.97. The summed E-state index contributed by atoms with van der Waals surface area (Å²) in [6, 6.07) is 1.74. The lowest BCUT2D eigenvalue weighted by Crippen LogP contribution is -2.00. The number of benzene rings is 1. The summed E-state index contributed by atoms with van der Waals surface area (Å²) in [6.07, 6.45) is 12.4. The Bertz CT molecular complexity index is 838. The average molecular weight is 387 g/mol. The summed E-state index contributed by atoms with van der Waals surface area (Å²) < 4.78 is 43.0. The van der Waals surface area contributed by atoms with Crippen molar-refractivity contribution in [2.75, 3.05) is 0 Å². The first kappa shape index (κ1) is 22.0. The van der Waals surface area contributed by atoms with Crippen LogP contribution in [0.4, 0.5) is 13.2 Å². The van der Waals surface area contributed by atoms with Crippen LogP contribution < -0.4 is 0 Å². The molecule has 0 bridgehead atoms. The summed E-state index contributed by atoms with van der Waals surface area (Å²) in [5, 5.41) is 0. The fourth-order valence-corrected chi connectivity index (χ4v) is 3.62. The lowest BCUT2D eigenvalue weighted by Gasteiger charge is -2.09. The summed E-state index contributed by atoms with van der Waals surface area (Å²) >= 11 is 0. The van der Waals surface area contributed by atoms with Gasteiger partial charge in [0, 0.05) is 5.56 Å². The molecule has 0 unspecified atom stereocenters. The molecule has 0 radical (unpaired) electrons. The van der Waals surface area contributed by atoms with Gasteiger partial charge in [-0.2, -0.15) is 0 Å². The third-order valence-corrected chi connectivity index (χ3v) is 5.22. The predicted octanol–water partition coefficient (Wildman–Crippen LogP) is 7.96. The molecule has 0 heterocycles. The van der Waals surface area contributed by atoms with E-state index in [-0.39, 0.29) is 0 Å². The third-order valence-electron chi connectivity index (χ3n) is 5.22. The topological polar surface area (TPSA) is 0 Å². The second kappa shape index (κ2) is 10.3. The molecule has 0 atom stereocenters. The van der Waals surface area contributed by atoms with Gasteiger partial charge in [0.05, 0.1) is 0 Å². The van der Waals surface area contributed by atoms with Crippen molar-refractivity contribution in [2.45, 2.75) is 58.8 Å². The molecule has 28 heavy (non-hydrogen) atoms. The van der Waals surface area contributed by atoms with E-state index in [9.17, 15) is 13.2 Å². The monoisotopic (exact) mass is 386 g/mol. The number of fused-ring (bicyclic) bond motifs is 1. The minimum Gasteiger partial charge on any atom is -0.207 e. The van der Waals surface area contributed by atoms with Gasteiger partial charge in [0.15, 0.2) is 11.6 Å². The number of allylic oxidation sites excluding steroid dienone is 8. The van der Waals surface area contributed by atoms with Gasteiger partial charge >= 0.3 is 0 Å². The molecule has 1 aliphatic rings. The molecular weight excluding hydrogens is 357 g/mol. The number of rotatable bonds is 10. The number of unbranched alkanes of at least 4 members (excludes halogenated alkanes) is 2. The van der Waals surface area contributed by atoms with Gasteiger partial charge in [0.1, 0.15) is 5.83 Å². The summed E-state index contributed by atoms with van der Waals surface area (Å²) in [4.78, 5) is 0. The maximum absolute atomic E-state index is 14.7. The highest BCUT2D eigenvalue weighted by Gasteiger charge is 2.26. The molecule has 0 aromatic heterocycles. The van der Waals surface area contributed by atoms with Crippen LogP contribution in [-0.4, -0.2) is 0 Å². The Balaban J connectivity index is 2.26. The van der Waals surface area contributed by atoms with Crippen LogP contribution in [0.1, 0.15) is 62.6 Å². The van der Waals surface area contributed by atoms with E-state index in [1.807, 2.05) is 13.0 Å². The minimum absolute atomic E-state index is 0.322. The fourth-order valence-electron chi connectivity index (χ4n) is 3.62. The van der Waals surface area contributed by atoms with Crippen LogP contribution in [0, 0.1) is 11.6 Å². The Labute approximate surface area is 166 Å². The zero-order valence-electron chi connectivity index (χ0n) is 16.9. The molecule has 0 N–H and O–H groups in total. The first-order valence-corrected chi connectivity index (χ1v) is 9.87. The molecule has 0 saturated heterocycles. The molecule has 0 fully saturated rings. The zero-order valence-corrected chi connectivity index (χ0v) is 16.9. The van der Waals surface area contributed by atoms with Crippen molar-refractivity contribution >= 4 is 5.57 Å². The molecule has 150 valence electrons. The van der Waals surface area contributed by atoms with Crippen LogP contribution in [0.3, 0.4) is 0 Å². The Kier molecular flexibility index (Phi) is 8.10. The molecule has 0 spiro atoms. The summed E-state index contributed by atoms with van der Waals surface area (Å²) in [6.45, 7) is 10.8. The molecule has 3 heteroatoms. The highest BCUT2D eigenvalue weighted by molar-refractivity contribution is 5.78. The molecule has 0 nitrogen and oxygen atoms in total. The van der Waals surface area contributed by atoms with Crippen LogP contribution >= 0.6 is 0 Å². The van der Waals surface area contributed by atoms with Gasteiger partial charge in [-0.25, -0.2) is 13.2 Å². The maximum atomic E-state index is 14.7. The predicted molar refractivity (Wildman–Crippen MR) is 113 cm³/mol. The normalized spacial score (nSPS) is 14.1. The van der Waals surface area contributed by atoms with Gasteiger partial charge in [-0.1, -0.05) is 36.9 Å². The zero-order chi connectivity index (χ0) is 20.7. The Hall–Kier alpha value is -2.29. The van der Waals surface area contributed by atoms with Gasteiger partial charge in [0.25, 0.3) is 0 Å². The Morgan fingerprint density at radius 1 is 1.18 bits per heavy atom. The number of hydrogen-bond donors (Lipinski definition) is 0. The molecule has 1 aliphatic carbocycles. The molecular formula is C25H29F3. The first-order valence-electron chi connectivity index (χ1n) is 9.87. The van der Waals surface area contributed by atoms with Crippen LogP contribution in [0.15, 0.2) is 60.5 Å². The molecule has 1 aromatic carbocycles. The first-order chi connectivity index (χ1) is 13.4. The molecule has 0 aliphatic heterocycles. The fraction of sp³-hybridized carbons (Fsp3) is 0.360. The lowest BCUT2D eigenvalue weighted by atomic mass is 9.99. The van der Waals surface area contributed by atoms with Crippen molar-refractivity contribution in [3.05, 3.63) is 88.8 Å². The van der Waals surface area contributed by atoms with E-state index < -0.39 is 17.5 Å². The van der Waals surface area contributed by atoms with Crippen molar-refractivity contribution in [2.24, 2.45) is 0 Å². The van der Waals surface area contributed by atoms with Crippen molar-refractivity contribution in [3.63, 3.8) is 0 Å². The largest absolute Gasteiger partial charge is 0.207 e. The van der Waals surface area contributed by atoms with E-state index in [1.165, 1.54) is 0 Å². The Morgan fingerprint density at radius 3 is 2.57 bits per heavy atom. The summed E-state index contributed by atoms with van der Waals surface area (Å²) in [5.74, 6) is -2.05. The van der Waals surface area contributed by atoms with Crippen molar-refractivity contribution in [1.29, 1.82) is 0 Å². The van der Waals surface area contributed by atoms with Gasteiger partial charge in [0.2, 0.25) is 0 Å². The highest BCUT2D eigenvalue weighted by Crippen LogP contribution is 2.38. The van der Waals surface area contributed by atoms with Gasteiger partial charge in [-0.15, -0.1) is 6.58 Å². The van der Waals surface area contributed by atoms with E-state index in [1.54, 1.807) is 25.1 Å². The number of aryl methyl sites for hydroxylation is 1. The van der Waals surface area contributed by atoms with Gasteiger partial charge in [-0.3, -0.25) is 0 Å². The van der Waals surface area contributed by atoms with E-state index in [0.29, 0.717) is 48.0 Å². The van der Waals surface area contributed by atoms with E-state index in [4.69, 9.17) is 0 Å². The van der Waals surface area contributed by atoms with E-state index >= 15 is 0 Å². The van der Waals surface area contributed by atoms with Crippen molar-refractivity contribution < 1.29 is 13.2 Å². The van der Waals surface area contributed by atoms with Crippen LogP contribution in [0.25, 0.3) is 5.57 Å². The summed E-state index contributed by atoms with van der Waals surface area (Å²) in [5.41, 5.74) is 3.50. The van der Waals surface area contributed by atoms with Crippen LogP contribution in [0.5, 0.6) is 0 Å². The Morgan fingerprint density at radius 2 is 1.93 bits per heavy atom. The number of halogens is 3. The quantitative estimate of drug-likeness (QED) is 0.217. The van der Waals surface area contributed by atoms with Gasteiger partial charge in [-0.05, 0) is 86.6 Å². The summed E-state index contributed by atoms with van der Waals surface area (Å²) in [7, 11) is 0.